The van der Waals surface area contributed by atoms with Crippen LogP contribution in [0.15, 0.2) is 0 Å². The van der Waals surface area contributed by atoms with Gasteiger partial charge >= 0.3 is 5.97 Å². The molecule has 0 bridgehead atoms. The van der Waals surface area contributed by atoms with Gasteiger partial charge in [-0.05, 0) is 19.8 Å². The first kappa shape index (κ1) is 8.24. The minimum Gasteiger partial charge on any atom is -0.468 e. The minimum absolute atomic E-state index is 0.0932. The molecule has 1 unspecified atom stereocenters. The lowest BCUT2D eigenvalue weighted by molar-refractivity contribution is -0.153. The molecular weight excluding hydrogens is 144 g/mol. The Morgan fingerprint density at radius 1 is 1.73 bits per heavy atom. The number of hydrogen-bond acceptors (Lipinski definition) is 3. The largest absolute Gasteiger partial charge is 0.468 e. The van der Waals surface area contributed by atoms with E-state index >= 15 is 0 Å². The number of esters is 1. The highest BCUT2D eigenvalue weighted by atomic mass is 16.5. The van der Waals surface area contributed by atoms with E-state index in [-0.39, 0.29) is 5.78 Å². The van der Waals surface area contributed by atoms with Gasteiger partial charge in [-0.1, -0.05) is 0 Å². The van der Waals surface area contributed by atoms with Gasteiger partial charge in [-0.2, -0.15) is 0 Å². The van der Waals surface area contributed by atoms with Crippen LogP contribution in [0.1, 0.15) is 19.3 Å². The summed E-state index contributed by atoms with van der Waals surface area (Å²) in [5.41, 5.74) is -1.09. The van der Waals surface area contributed by atoms with Gasteiger partial charge < -0.3 is 4.74 Å². The average molecular weight is 155 g/mol. The number of carbonyl (C=O) groups excluding carboxylic acids is 2. The molecule has 1 radical (unpaired) electrons. The molecule has 0 heterocycles. The van der Waals surface area contributed by atoms with E-state index in [1.807, 2.05) is 0 Å². The van der Waals surface area contributed by atoms with Crippen LogP contribution in [0, 0.1) is 12.3 Å². The van der Waals surface area contributed by atoms with Gasteiger partial charge in [0.05, 0.1) is 7.11 Å². The molecule has 11 heavy (non-hydrogen) atoms. The lowest BCUT2D eigenvalue weighted by atomic mass is 9.88. The Hall–Kier alpha value is -0.860. The van der Waals surface area contributed by atoms with E-state index in [4.69, 9.17) is 0 Å². The first-order valence-electron chi connectivity index (χ1n) is 3.58. The summed E-state index contributed by atoms with van der Waals surface area (Å²) >= 11 is 0. The molecule has 0 amide bonds. The Morgan fingerprint density at radius 3 is 2.73 bits per heavy atom. The smallest absolute Gasteiger partial charge is 0.319 e. The number of carbonyl (C=O) groups is 2. The van der Waals surface area contributed by atoms with Gasteiger partial charge in [0.25, 0.3) is 0 Å². The summed E-state index contributed by atoms with van der Waals surface area (Å²) in [6.07, 6.45) is 1.73. The van der Waals surface area contributed by atoms with Crippen LogP contribution in [0.25, 0.3) is 0 Å². The van der Waals surface area contributed by atoms with Crippen LogP contribution in [-0.2, 0) is 14.3 Å². The predicted molar refractivity (Wildman–Crippen MR) is 38.7 cm³/mol. The van der Waals surface area contributed by atoms with Crippen LogP contribution < -0.4 is 0 Å². The van der Waals surface area contributed by atoms with Gasteiger partial charge in [0, 0.05) is 6.42 Å². The van der Waals surface area contributed by atoms with E-state index < -0.39 is 11.4 Å². The number of Topliss-reactive ketones (excluding diaryl/α,β-unsaturated/α-hetero) is 1. The topological polar surface area (TPSA) is 43.4 Å². The fourth-order valence-corrected chi connectivity index (χ4v) is 1.34. The second-order valence-electron chi connectivity index (χ2n) is 2.85. The summed E-state index contributed by atoms with van der Waals surface area (Å²) < 4.78 is 4.49. The van der Waals surface area contributed by atoms with Gasteiger partial charge in [-0.3, -0.25) is 9.59 Å². The third-order valence-corrected chi connectivity index (χ3v) is 2.12. The van der Waals surface area contributed by atoms with Crippen molar-refractivity contribution < 1.29 is 14.3 Å². The fraction of sp³-hybridized carbons (Fsp3) is 0.625. The average Bonchev–Trinajstić information content (AvgIpc) is 2.32. The first-order chi connectivity index (χ1) is 5.11. The van der Waals surface area contributed by atoms with E-state index in [0.29, 0.717) is 12.8 Å². The second kappa shape index (κ2) is 2.64. The summed E-state index contributed by atoms with van der Waals surface area (Å²) in [5.74, 6) is -0.593. The van der Waals surface area contributed by atoms with Crippen molar-refractivity contribution in [2.24, 2.45) is 5.41 Å². The van der Waals surface area contributed by atoms with E-state index in [2.05, 4.69) is 11.7 Å². The summed E-state index contributed by atoms with van der Waals surface area (Å²) in [4.78, 5) is 22.2. The van der Waals surface area contributed by atoms with Crippen molar-refractivity contribution in [1.29, 1.82) is 0 Å². The van der Waals surface area contributed by atoms with Gasteiger partial charge in [0.15, 0.2) is 0 Å². The maximum atomic E-state index is 11.1. The fourth-order valence-electron chi connectivity index (χ4n) is 1.34. The van der Waals surface area contributed by atoms with E-state index in [9.17, 15) is 9.59 Å². The molecule has 3 heteroatoms. The van der Waals surface area contributed by atoms with Crippen LogP contribution in [0.2, 0.25) is 0 Å². The first-order valence-corrected chi connectivity index (χ1v) is 3.58. The Kier molecular flexibility index (Phi) is 1.98. The molecule has 0 N–H and O–H groups in total. The van der Waals surface area contributed by atoms with Crippen LogP contribution in [0.4, 0.5) is 0 Å². The number of ether oxygens (including phenoxy) is 1. The molecule has 0 spiro atoms. The van der Waals surface area contributed by atoms with Gasteiger partial charge in [0.1, 0.15) is 11.2 Å². The molecule has 0 aromatic heterocycles. The maximum Gasteiger partial charge on any atom is 0.319 e. The monoisotopic (exact) mass is 155 g/mol. The lowest BCUT2D eigenvalue weighted by Gasteiger charge is -2.17. The van der Waals surface area contributed by atoms with Crippen molar-refractivity contribution in [3.05, 3.63) is 6.92 Å². The van der Waals surface area contributed by atoms with E-state index in [1.165, 1.54) is 7.11 Å². The Labute approximate surface area is 65.7 Å². The van der Waals surface area contributed by atoms with Crippen LogP contribution in [-0.4, -0.2) is 18.9 Å². The Morgan fingerprint density at radius 2 is 2.36 bits per heavy atom. The molecular formula is C8H11O3. The minimum atomic E-state index is -1.09. The van der Waals surface area contributed by atoms with Crippen LogP contribution in [0.3, 0.4) is 0 Å². The van der Waals surface area contributed by atoms with E-state index in [0.717, 1.165) is 6.42 Å². The van der Waals surface area contributed by atoms with Crippen molar-refractivity contribution >= 4 is 11.8 Å². The van der Waals surface area contributed by atoms with Gasteiger partial charge in [-0.25, -0.2) is 0 Å². The van der Waals surface area contributed by atoms with Crippen molar-refractivity contribution in [2.75, 3.05) is 7.11 Å². The molecule has 1 fully saturated rings. The highest BCUT2D eigenvalue weighted by molar-refractivity contribution is 6.05. The quantitative estimate of drug-likeness (QED) is 0.414. The van der Waals surface area contributed by atoms with Gasteiger partial charge in [-0.15, -0.1) is 0 Å². The molecule has 1 rings (SSSR count). The Balaban J connectivity index is 2.80. The van der Waals surface area contributed by atoms with E-state index in [1.54, 1.807) is 0 Å². The molecule has 3 nitrogen and oxygen atoms in total. The normalized spacial score (nSPS) is 30.5. The van der Waals surface area contributed by atoms with Gasteiger partial charge in [0.2, 0.25) is 0 Å². The van der Waals surface area contributed by atoms with Crippen LogP contribution >= 0.6 is 0 Å². The second-order valence-corrected chi connectivity index (χ2v) is 2.85. The van der Waals surface area contributed by atoms with Crippen molar-refractivity contribution in [2.45, 2.75) is 19.3 Å². The molecule has 1 saturated carbocycles. The molecule has 1 aliphatic rings. The number of methoxy groups -OCH3 is 1. The highest BCUT2D eigenvalue weighted by Crippen LogP contribution is 2.34. The number of rotatable bonds is 1. The lowest BCUT2D eigenvalue weighted by Crippen LogP contribution is -2.33. The number of hydrogen-bond donors (Lipinski definition) is 0. The predicted octanol–water partition coefficient (Wildman–Crippen LogP) is 0.733. The maximum absolute atomic E-state index is 11.1. The van der Waals surface area contributed by atoms with Crippen molar-refractivity contribution in [3.8, 4) is 0 Å². The zero-order chi connectivity index (χ0) is 8.48. The molecule has 1 atom stereocenters. The molecule has 61 valence electrons. The SMILES string of the molecule is [CH2]C1(C(=O)OC)CCCC1=O. The summed E-state index contributed by atoms with van der Waals surface area (Å²) in [6.45, 7) is 3.60. The third-order valence-electron chi connectivity index (χ3n) is 2.12. The molecule has 1 aliphatic carbocycles. The summed E-state index contributed by atoms with van der Waals surface area (Å²) in [7, 11) is 1.28. The Bertz CT molecular complexity index is 198. The standard InChI is InChI=1S/C8H11O3/c1-8(7(10)11-2)5-3-4-6(8)9/h1,3-5H2,2H3. The van der Waals surface area contributed by atoms with Crippen molar-refractivity contribution in [1.82, 2.24) is 0 Å². The van der Waals surface area contributed by atoms with Crippen LogP contribution in [0.5, 0.6) is 0 Å². The molecule has 0 aromatic rings. The number of ketones is 1. The zero-order valence-corrected chi connectivity index (χ0v) is 6.55. The molecule has 0 aromatic carbocycles. The molecule has 0 aliphatic heterocycles. The zero-order valence-electron chi connectivity index (χ0n) is 6.55. The molecule has 0 saturated heterocycles. The summed E-state index contributed by atoms with van der Waals surface area (Å²) in [6, 6.07) is 0. The third kappa shape index (κ3) is 1.15. The van der Waals surface area contributed by atoms with Crippen molar-refractivity contribution in [3.63, 3.8) is 0 Å². The highest BCUT2D eigenvalue weighted by Gasteiger charge is 2.45. The summed E-state index contributed by atoms with van der Waals surface area (Å²) in [5, 5.41) is 0.